The topological polar surface area (TPSA) is 137 Å². The van der Waals surface area contributed by atoms with Gasteiger partial charge in [-0.3, -0.25) is 19.2 Å². The van der Waals surface area contributed by atoms with E-state index in [1.807, 2.05) is 12.1 Å². The fourth-order valence-corrected chi connectivity index (χ4v) is 3.49. The van der Waals surface area contributed by atoms with Gasteiger partial charge >= 0.3 is 5.97 Å². The predicted octanol–water partition coefficient (Wildman–Crippen LogP) is 3.56. The van der Waals surface area contributed by atoms with E-state index in [-0.39, 0.29) is 18.7 Å². The van der Waals surface area contributed by atoms with Gasteiger partial charge in [-0.15, -0.1) is 0 Å². The SMILES string of the molecule is CC(C)(C)OC(=O)CCC(NC(=O)C(C)(C)Oc1ccc(CCNC(=O)c2ccc(Cl)cc2)cc1)C(N)=O. The monoisotopic (exact) mass is 545 g/mol. The first kappa shape index (κ1) is 30.6. The minimum atomic E-state index is -1.33. The van der Waals surface area contributed by atoms with Gasteiger partial charge in [0.2, 0.25) is 5.91 Å². The van der Waals surface area contributed by atoms with E-state index in [0.717, 1.165) is 5.56 Å². The molecule has 0 heterocycles. The van der Waals surface area contributed by atoms with Gasteiger partial charge < -0.3 is 25.8 Å². The van der Waals surface area contributed by atoms with Gasteiger partial charge in [-0.25, -0.2) is 0 Å². The van der Waals surface area contributed by atoms with Crippen LogP contribution in [-0.4, -0.2) is 47.5 Å². The van der Waals surface area contributed by atoms with Crippen molar-refractivity contribution in [3.63, 3.8) is 0 Å². The van der Waals surface area contributed by atoms with Crippen LogP contribution in [0.2, 0.25) is 5.02 Å². The van der Waals surface area contributed by atoms with Crippen molar-refractivity contribution in [3.8, 4) is 5.75 Å². The van der Waals surface area contributed by atoms with Crippen molar-refractivity contribution in [2.24, 2.45) is 5.73 Å². The zero-order valence-electron chi connectivity index (χ0n) is 22.4. The van der Waals surface area contributed by atoms with Crippen LogP contribution in [0.15, 0.2) is 48.5 Å². The number of hydrogen-bond acceptors (Lipinski definition) is 6. The highest BCUT2D eigenvalue weighted by molar-refractivity contribution is 6.30. The van der Waals surface area contributed by atoms with Crippen LogP contribution in [0, 0.1) is 0 Å². The van der Waals surface area contributed by atoms with E-state index in [0.29, 0.717) is 29.3 Å². The normalized spacial score (nSPS) is 12.3. The van der Waals surface area contributed by atoms with Gasteiger partial charge in [0.25, 0.3) is 11.8 Å². The first-order chi connectivity index (χ1) is 17.7. The van der Waals surface area contributed by atoms with E-state index < -0.39 is 35.0 Å². The van der Waals surface area contributed by atoms with Crippen molar-refractivity contribution < 1.29 is 28.7 Å². The van der Waals surface area contributed by atoms with E-state index >= 15 is 0 Å². The summed E-state index contributed by atoms with van der Waals surface area (Å²) in [5.74, 6) is -1.54. The molecule has 0 aliphatic heterocycles. The average molecular weight is 546 g/mol. The molecule has 0 spiro atoms. The zero-order chi connectivity index (χ0) is 28.5. The number of nitrogens with one attached hydrogen (secondary N) is 2. The molecule has 0 bridgehead atoms. The van der Waals surface area contributed by atoms with Crippen molar-refractivity contribution in [3.05, 3.63) is 64.7 Å². The average Bonchev–Trinajstić information content (AvgIpc) is 2.81. The molecule has 2 aromatic rings. The number of ether oxygens (including phenoxy) is 2. The summed E-state index contributed by atoms with van der Waals surface area (Å²) in [7, 11) is 0. The zero-order valence-corrected chi connectivity index (χ0v) is 23.2. The van der Waals surface area contributed by atoms with Crippen LogP contribution in [0.5, 0.6) is 5.75 Å². The highest BCUT2D eigenvalue weighted by Gasteiger charge is 2.33. The number of nitrogens with two attached hydrogens (primary N) is 1. The van der Waals surface area contributed by atoms with Crippen molar-refractivity contribution in [2.45, 2.75) is 71.1 Å². The Morgan fingerprint density at radius 2 is 1.55 bits per heavy atom. The van der Waals surface area contributed by atoms with Crippen molar-refractivity contribution in [2.75, 3.05) is 6.54 Å². The Bertz CT molecular complexity index is 1120. The number of primary amides is 1. The molecule has 1 unspecified atom stereocenters. The largest absolute Gasteiger partial charge is 0.478 e. The number of hydrogen-bond donors (Lipinski definition) is 3. The molecule has 0 fully saturated rings. The Balaban J connectivity index is 1.87. The number of amides is 3. The van der Waals surface area contributed by atoms with Crippen LogP contribution in [-0.2, 0) is 25.5 Å². The summed E-state index contributed by atoms with van der Waals surface area (Å²) < 4.78 is 11.1. The molecule has 2 aromatic carbocycles. The number of rotatable bonds is 12. The molecule has 0 radical (unpaired) electrons. The summed E-state index contributed by atoms with van der Waals surface area (Å²) in [5, 5.41) is 5.99. The Labute approximate surface area is 228 Å². The van der Waals surface area contributed by atoms with Gasteiger partial charge in [0.1, 0.15) is 17.4 Å². The maximum atomic E-state index is 12.9. The first-order valence-electron chi connectivity index (χ1n) is 12.3. The molecule has 3 amide bonds. The number of esters is 1. The molecular formula is C28H36ClN3O6. The summed E-state index contributed by atoms with van der Waals surface area (Å²) in [6, 6.07) is 12.7. The Kier molecular flexibility index (Phi) is 10.7. The van der Waals surface area contributed by atoms with Gasteiger partial charge in [-0.05, 0) is 89.4 Å². The molecular weight excluding hydrogens is 510 g/mol. The van der Waals surface area contributed by atoms with E-state index in [4.69, 9.17) is 26.8 Å². The number of halogens is 1. The van der Waals surface area contributed by atoms with E-state index in [1.54, 1.807) is 71.0 Å². The molecule has 1 atom stereocenters. The summed E-state index contributed by atoms with van der Waals surface area (Å²) in [6.07, 6.45) is 0.533. The van der Waals surface area contributed by atoms with Gasteiger partial charge in [-0.2, -0.15) is 0 Å². The lowest BCUT2D eigenvalue weighted by Gasteiger charge is -2.27. The third kappa shape index (κ3) is 10.4. The van der Waals surface area contributed by atoms with E-state index in [9.17, 15) is 19.2 Å². The molecule has 0 aromatic heterocycles. The maximum Gasteiger partial charge on any atom is 0.306 e. The van der Waals surface area contributed by atoms with Crippen LogP contribution in [0.3, 0.4) is 0 Å². The van der Waals surface area contributed by atoms with Gasteiger partial charge in [0.05, 0.1) is 0 Å². The molecule has 2 rings (SSSR count). The number of benzene rings is 2. The Hall–Kier alpha value is -3.59. The van der Waals surface area contributed by atoms with Crippen LogP contribution in [0.25, 0.3) is 0 Å². The molecule has 0 aliphatic carbocycles. The van der Waals surface area contributed by atoms with Crippen molar-refractivity contribution >= 4 is 35.3 Å². The molecule has 10 heteroatoms. The van der Waals surface area contributed by atoms with Crippen LogP contribution in [0.1, 0.15) is 63.4 Å². The molecule has 9 nitrogen and oxygen atoms in total. The van der Waals surface area contributed by atoms with Crippen LogP contribution < -0.4 is 21.1 Å². The fourth-order valence-electron chi connectivity index (χ4n) is 3.36. The Morgan fingerprint density at radius 3 is 2.11 bits per heavy atom. The highest BCUT2D eigenvalue weighted by atomic mass is 35.5. The smallest absolute Gasteiger partial charge is 0.306 e. The fraction of sp³-hybridized carbons (Fsp3) is 0.429. The predicted molar refractivity (Wildman–Crippen MR) is 145 cm³/mol. The summed E-state index contributed by atoms with van der Waals surface area (Å²) in [5.41, 5.74) is 4.95. The molecule has 0 saturated carbocycles. The highest BCUT2D eigenvalue weighted by Crippen LogP contribution is 2.20. The maximum absolute atomic E-state index is 12.9. The molecule has 206 valence electrons. The Morgan fingerprint density at radius 1 is 0.947 bits per heavy atom. The number of carbonyl (C=O) groups excluding carboxylic acids is 4. The second-order valence-electron chi connectivity index (χ2n) is 10.3. The minimum absolute atomic E-state index is 0.00925. The third-order valence-corrected chi connectivity index (χ3v) is 5.61. The second-order valence-corrected chi connectivity index (χ2v) is 10.8. The lowest BCUT2D eigenvalue weighted by atomic mass is 10.1. The van der Waals surface area contributed by atoms with Gasteiger partial charge in [-0.1, -0.05) is 23.7 Å². The summed E-state index contributed by atoms with van der Waals surface area (Å²) in [4.78, 5) is 48.9. The lowest BCUT2D eigenvalue weighted by Crippen LogP contribution is -2.53. The van der Waals surface area contributed by atoms with Crippen LogP contribution >= 0.6 is 11.6 Å². The second kappa shape index (κ2) is 13.3. The van der Waals surface area contributed by atoms with Crippen molar-refractivity contribution in [1.82, 2.24) is 10.6 Å². The van der Waals surface area contributed by atoms with Crippen LogP contribution in [0.4, 0.5) is 0 Å². The molecule has 0 aliphatic rings. The lowest BCUT2D eigenvalue weighted by molar-refractivity contribution is -0.155. The van der Waals surface area contributed by atoms with Gasteiger partial charge in [0.15, 0.2) is 5.60 Å². The quantitative estimate of drug-likeness (QED) is 0.349. The first-order valence-corrected chi connectivity index (χ1v) is 12.7. The van der Waals surface area contributed by atoms with E-state index in [2.05, 4.69) is 10.6 Å². The minimum Gasteiger partial charge on any atom is -0.478 e. The van der Waals surface area contributed by atoms with Gasteiger partial charge in [0, 0.05) is 23.6 Å². The number of carbonyl (C=O) groups is 4. The van der Waals surface area contributed by atoms with E-state index in [1.165, 1.54) is 0 Å². The molecule has 4 N–H and O–H groups in total. The molecule has 0 saturated heterocycles. The third-order valence-electron chi connectivity index (χ3n) is 5.35. The van der Waals surface area contributed by atoms with Crippen molar-refractivity contribution in [1.29, 1.82) is 0 Å². The standard InChI is InChI=1S/C28H36ClN3O6/c1-27(2,3)38-23(33)15-14-22(24(30)34)32-26(36)28(4,5)37-21-12-6-18(7-13-21)16-17-31-25(35)19-8-10-20(29)11-9-19/h6-13,22H,14-17H2,1-5H3,(H2,30,34)(H,31,35)(H,32,36). The summed E-state index contributed by atoms with van der Waals surface area (Å²) in [6.45, 7) is 8.79. The summed E-state index contributed by atoms with van der Waals surface area (Å²) >= 11 is 5.85. The molecule has 38 heavy (non-hydrogen) atoms.